The van der Waals surface area contributed by atoms with Crippen molar-refractivity contribution in [1.29, 1.82) is 0 Å². The van der Waals surface area contributed by atoms with E-state index in [0.717, 1.165) is 31.4 Å². The summed E-state index contributed by atoms with van der Waals surface area (Å²) in [7, 11) is 0. The quantitative estimate of drug-likeness (QED) is 0.0685. The van der Waals surface area contributed by atoms with Crippen molar-refractivity contribution in [3.63, 3.8) is 0 Å². The largest absolute Gasteiger partial charge is 0.478 e. The number of H-pyrrole nitrogens is 1. The molecule has 500 valence electrons. The van der Waals surface area contributed by atoms with Crippen LogP contribution in [0.15, 0.2) is 237 Å². The second-order valence-electron chi connectivity index (χ2n) is 16.5. The molecule has 0 unspecified atom stereocenters. The molecule has 0 atom stereocenters. The molecular formula is C80H104IN3O9. The topological polar surface area (TPSA) is 170 Å². The van der Waals surface area contributed by atoms with Gasteiger partial charge in [0.05, 0.1) is 46.5 Å². The van der Waals surface area contributed by atoms with Crippen molar-refractivity contribution in [3.05, 3.63) is 274 Å². The molecule has 12 nitrogen and oxygen atoms in total. The molecule has 0 bridgehead atoms. The third-order valence-corrected chi connectivity index (χ3v) is 12.2. The summed E-state index contributed by atoms with van der Waals surface area (Å²) in [6.07, 6.45) is 5.80. The first kappa shape index (κ1) is 87.9. The zero-order valence-corrected chi connectivity index (χ0v) is 59.6. The second-order valence-corrected chi connectivity index (χ2v) is 17.7. The van der Waals surface area contributed by atoms with Crippen LogP contribution in [0.3, 0.4) is 0 Å². The van der Waals surface area contributed by atoms with Gasteiger partial charge in [-0.1, -0.05) is 221 Å². The molecule has 13 heteroatoms. The number of carbonyl (C=O) groups excluding carboxylic acids is 3. The number of esters is 2. The van der Waals surface area contributed by atoms with Crippen LogP contribution in [-0.4, -0.2) is 67.2 Å². The van der Waals surface area contributed by atoms with E-state index in [1.807, 2.05) is 225 Å². The molecule has 0 fully saturated rings. The second kappa shape index (κ2) is 54.4. The summed E-state index contributed by atoms with van der Waals surface area (Å²) in [5, 5.41) is 20.8. The van der Waals surface area contributed by atoms with Crippen molar-refractivity contribution in [2.45, 2.75) is 132 Å². The number of ketones is 1. The molecule has 8 aromatic carbocycles. The Morgan fingerprint density at radius 2 is 0.774 bits per heavy atom. The van der Waals surface area contributed by atoms with Gasteiger partial charge < -0.3 is 33.8 Å². The predicted octanol–water partition coefficient (Wildman–Crippen LogP) is 23.2. The molecule has 3 aromatic heterocycles. The minimum atomic E-state index is -0.964. The number of rotatable bonds is 10. The number of halogens is 1. The van der Waals surface area contributed by atoms with Gasteiger partial charge in [-0.25, -0.2) is 19.2 Å². The number of carbonyl (C=O) groups is 5. The summed E-state index contributed by atoms with van der Waals surface area (Å²) in [4.78, 5) is 60.1. The van der Waals surface area contributed by atoms with Crippen LogP contribution in [0.5, 0.6) is 0 Å². The number of carboxylic acids is 2. The molecule has 0 saturated carbocycles. The van der Waals surface area contributed by atoms with Crippen LogP contribution in [0.25, 0.3) is 44.1 Å². The van der Waals surface area contributed by atoms with Crippen molar-refractivity contribution in [2.75, 3.05) is 13.2 Å². The molecule has 0 saturated heterocycles. The summed E-state index contributed by atoms with van der Waals surface area (Å²) in [6.45, 7) is 36.4. The number of benzene rings is 8. The number of para-hydroxylation sites is 3. The molecule has 0 amide bonds. The van der Waals surface area contributed by atoms with Gasteiger partial charge in [0.2, 0.25) is 0 Å². The number of hydrogen-bond donors (Lipinski definition) is 3. The third-order valence-electron chi connectivity index (χ3n) is 11.5. The highest BCUT2D eigenvalue weighted by Crippen LogP contribution is 2.27. The average Bonchev–Trinajstić information content (AvgIpc) is 1.65. The Labute approximate surface area is 569 Å². The van der Waals surface area contributed by atoms with Gasteiger partial charge in [-0.15, -0.1) is 0 Å². The van der Waals surface area contributed by atoms with Crippen molar-refractivity contribution in [3.8, 4) is 11.4 Å². The minimum Gasteiger partial charge on any atom is -0.478 e. The van der Waals surface area contributed by atoms with Crippen molar-refractivity contribution in [1.82, 2.24) is 14.1 Å². The van der Waals surface area contributed by atoms with Gasteiger partial charge >= 0.3 is 23.9 Å². The molecule has 93 heavy (non-hydrogen) atoms. The van der Waals surface area contributed by atoms with Crippen LogP contribution in [0, 0.1) is 3.57 Å². The van der Waals surface area contributed by atoms with Crippen LogP contribution in [0.1, 0.15) is 189 Å². The van der Waals surface area contributed by atoms with Crippen molar-refractivity contribution in [2.24, 2.45) is 0 Å². The summed E-state index contributed by atoms with van der Waals surface area (Å²) in [6, 6.07) is 67.1. The lowest BCUT2D eigenvalue weighted by atomic mass is 10.0. The highest BCUT2D eigenvalue weighted by molar-refractivity contribution is 14.1. The Hall–Kier alpha value is -9.34. The van der Waals surface area contributed by atoms with E-state index in [1.165, 1.54) is 16.3 Å². The Morgan fingerprint density at radius 3 is 1.23 bits per heavy atom. The van der Waals surface area contributed by atoms with Gasteiger partial charge in [0.15, 0.2) is 5.78 Å². The van der Waals surface area contributed by atoms with E-state index in [4.69, 9.17) is 19.7 Å². The van der Waals surface area contributed by atoms with E-state index in [-0.39, 0.29) is 30.7 Å². The number of aromatic amines is 1. The van der Waals surface area contributed by atoms with Crippen molar-refractivity contribution >= 4 is 85.0 Å². The third kappa shape index (κ3) is 29.7. The maximum Gasteiger partial charge on any atom is 0.338 e. The monoisotopic (exact) mass is 1380 g/mol. The molecule has 3 heterocycles. The Kier molecular flexibility index (Phi) is 51.4. The van der Waals surface area contributed by atoms with E-state index in [0.29, 0.717) is 41.0 Å². The maximum atomic E-state index is 13.0. The molecular weight excluding hydrogens is 1270 g/mol. The molecule has 3 N–H and O–H groups in total. The zero-order valence-electron chi connectivity index (χ0n) is 57.5. The van der Waals surface area contributed by atoms with Crippen LogP contribution >= 0.6 is 22.6 Å². The summed E-state index contributed by atoms with van der Waals surface area (Å²) in [5.74, 6) is -2.42. The lowest BCUT2D eigenvalue weighted by molar-refractivity contribution is 0.0516. The number of hydrogen-bond acceptors (Lipinski definition) is 7. The lowest BCUT2D eigenvalue weighted by Crippen LogP contribution is -2.04. The summed E-state index contributed by atoms with van der Waals surface area (Å²) < 4.78 is 14.9. The van der Waals surface area contributed by atoms with Crippen LogP contribution in [0.2, 0.25) is 0 Å². The first-order chi connectivity index (χ1) is 44.9. The molecule has 0 radical (unpaired) electrons. The Balaban J connectivity index is -0.00000108. The van der Waals surface area contributed by atoms with Gasteiger partial charge in [-0.2, -0.15) is 0 Å². The number of nitrogens with zero attached hydrogens (tertiary/aromatic N) is 2. The van der Waals surface area contributed by atoms with Gasteiger partial charge in [-0.05, 0) is 162 Å². The maximum absolute atomic E-state index is 13.0. The SMILES string of the molecule is C.CC.CC.CC.CC.CC.CC.CC.CC.CCOC(=O)c1ccc(-n2ccc3ccccc32)cc1.CCOC(=O)c1ccc(I)cc1.O=C(O)c1ccc(-n2cc(C(=O)c3ccccc3)c3ccccc32)cc1.O=C(O)c1ccccc1.c1ccc2[nH]ccc2c1. The number of nitrogens with one attached hydrogen (secondary N) is 1. The van der Waals surface area contributed by atoms with Crippen LogP contribution < -0.4 is 0 Å². The van der Waals surface area contributed by atoms with E-state index in [9.17, 15) is 24.0 Å². The average molecular weight is 1380 g/mol. The molecule has 0 spiro atoms. The molecule has 0 aliphatic carbocycles. The number of fused-ring (bicyclic) bond motifs is 3. The number of aromatic nitrogens is 3. The summed E-state index contributed by atoms with van der Waals surface area (Å²) in [5.41, 5.74) is 8.08. The number of ether oxygens (including phenoxy) is 2. The van der Waals surface area contributed by atoms with Gasteiger partial charge in [0, 0.05) is 55.6 Å². The first-order valence-electron chi connectivity index (χ1n) is 32.1. The Bertz CT molecular complexity index is 3650. The van der Waals surface area contributed by atoms with Gasteiger partial charge in [0.25, 0.3) is 0 Å². The normalized spacial score (nSPS) is 8.89. The fourth-order valence-corrected chi connectivity index (χ4v) is 8.10. The van der Waals surface area contributed by atoms with Crippen molar-refractivity contribution < 1.29 is 43.7 Å². The lowest BCUT2D eigenvalue weighted by Gasteiger charge is -2.07. The molecule has 11 rings (SSSR count). The number of aromatic carboxylic acids is 2. The minimum absolute atomic E-state index is 0. The molecule has 0 aliphatic rings. The van der Waals surface area contributed by atoms with E-state index >= 15 is 0 Å². The first-order valence-corrected chi connectivity index (χ1v) is 33.1. The fourth-order valence-electron chi connectivity index (χ4n) is 7.74. The van der Waals surface area contributed by atoms with E-state index < -0.39 is 11.9 Å². The Morgan fingerprint density at radius 1 is 0.398 bits per heavy atom. The van der Waals surface area contributed by atoms with Crippen LogP contribution in [0.4, 0.5) is 0 Å². The number of carboxylic acid groups (broad SMARTS) is 2. The van der Waals surface area contributed by atoms with E-state index in [1.54, 1.807) is 105 Å². The standard InChI is InChI=1S/C22H15NO3.C17H15NO2.C9H9IO2.C8H7N.C7H6O2.8C2H6.CH4/c24-21(15-6-2-1-3-7-15)19-14-23(20-9-5-4-8-18(19)20)17-12-10-16(11-13-17)22(25)26;1-2-20-17(19)14-7-9-15(10-8-14)18-12-11-13-5-3-4-6-16(13)18;1-2-12-9(11)7-3-5-8(10)6-4-7;1-2-4-8-7(3-1)5-6-9-8;8-7(9)6-4-2-1-3-5-6;8*1-2;/h1-14H,(H,25,26);3-12H,2H2,1H3;3-6H,2H2,1H3;1-6,9H;1-5H,(H,8,9);8*1-2H3;1H4. The predicted molar refractivity (Wildman–Crippen MR) is 404 cm³/mol. The molecule has 11 aromatic rings. The zero-order chi connectivity index (χ0) is 69.8. The summed E-state index contributed by atoms with van der Waals surface area (Å²) >= 11 is 2.19. The smallest absolute Gasteiger partial charge is 0.338 e. The highest BCUT2D eigenvalue weighted by Gasteiger charge is 2.17. The van der Waals surface area contributed by atoms with Gasteiger partial charge in [-0.3, -0.25) is 4.79 Å². The fraction of sp³-hybridized carbons (Fsp3) is 0.263. The highest BCUT2D eigenvalue weighted by atomic mass is 127. The molecule has 0 aliphatic heterocycles. The van der Waals surface area contributed by atoms with E-state index in [2.05, 4.69) is 68.5 Å². The van der Waals surface area contributed by atoms with Crippen LogP contribution in [-0.2, 0) is 9.47 Å². The van der Waals surface area contributed by atoms with Gasteiger partial charge in [0.1, 0.15) is 0 Å².